The lowest BCUT2D eigenvalue weighted by Gasteiger charge is -2.06. The third kappa shape index (κ3) is 3.97. The highest BCUT2D eigenvalue weighted by molar-refractivity contribution is 8.13. The van der Waals surface area contributed by atoms with Gasteiger partial charge in [0.1, 0.15) is 5.52 Å². The predicted molar refractivity (Wildman–Crippen MR) is 137 cm³/mol. The van der Waals surface area contributed by atoms with E-state index in [0.717, 1.165) is 57.9 Å². The number of oxazole rings is 1. The number of hydrogen-bond acceptors (Lipinski definition) is 5. The van der Waals surface area contributed by atoms with E-state index in [-0.39, 0.29) is 5.12 Å². The Kier molecular flexibility index (Phi) is 5.35. The summed E-state index contributed by atoms with van der Waals surface area (Å²) < 4.78 is 5.68. The van der Waals surface area contributed by atoms with E-state index in [2.05, 4.69) is 40.3 Å². The van der Waals surface area contributed by atoms with Crippen LogP contribution in [0.2, 0.25) is 0 Å². The Morgan fingerprint density at radius 3 is 2.56 bits per heavy atom. The number of rotatable bonds is 6. The monoisotopic (exact) mass is 463 g/mol. The van der Waals surface area contributed by atoms with Gasteiger partial charge >= 0.3 is 0 Å². The van der Waals surface area contributed by atoms with Crippen molar-refractivity contribution in [2.24, 2.45) is 0 Å². The van der Waals surface area contributed by atoms with E-state index >= 15 is 0 Å². The zero-order valence-corrected chi connectivity index (χ0v) is 19.1. The smallest absolute Gasteiger partial charge is 0.264 e. The normalized spacial score (nSPS) is 11.5. The first kappa shape index (κ1) is 20.7. The SMILES string of the molecule is O=C(CCCc1c(-c2ccc3ccccc3n2)[nH]c2ccccc12)Sc1nc2ccccc2o1. The van der Waals surface area contributed by atoms with Crippen molar-refractivity contribution in [1.82, 2.24) is 15.0 Å². The Morgan fingerprint density at radius 2 is 1.65 bits per heavy atom. The summed E-state index contributed by atoms with van der Waals surface area (Å²) in [4.78, 5) is 25.5. The Hall–Kier alpha value is -3.90. The molecule has 0 fully saturated rings. The van der Waals surface area contributed by atoms with Crippen LogP contribution < -0.4 is 0 Å². The highest BCUT2D eigenvalue weighted by atomic mass is 32.2. The average Bonchev–Trinajstić information content (AvgIpc) is 3.44. The van der Waals surface area contributed by atoms with E-state index in [1.54, 1.807) is 0 Å². The second-order valence-electron chi connectivity index (χ2n) is 8.19. The molecule has 0 radical (unpaired) electrons. The van der Waals surface area contributed by atoms with Gasteiger partial charge in [-0.1, -0.05) is 54.6 Å². The molecule has 0 saturated heterocycles. The molecule has 5 nitrogen and oxygen atoms in total. The quantitative estimate of drug-likeness (QED) is 0.265. The topological polar surface area (TPSA) is 71.8 Å². The summed E-state index contributed by atoms with van der Waals surface area (Å²) in [5, 5.41) is 2.74. The molecular formula is C28H21N3O2S. The number of aryl methyl sites for hydroxylation is 1. The number of para-hydroxylation sites is 4. The summed E-state index contributed by atoms with van der Waals surface area (Å²) in [5.74, 6) is 0. The number of hydrogen-bond donors (Lipinski definition) is 1. The molecule has 0 spiro atoms. The number of fused-ring (bicyclic) bond motifs is 3. The largest absolute Gasteiger partial charge is 0.431 e. The number of benzene rings is 3. The molecule has 3 aromatic heterocycles. The van der Waals surface area contributed by atoms with Crippen molar-refractivity contribution in [3.8, 4) is 11.4 Å². The van der Waals surface area contributed by atoms with Crippen LogP contribution in [0.15, 0.2) is 94.6 Å². The summed E-state index contributed by atoms with van der Waals surface area (Å²) in [6, 6.07) is 28.1. The number of nitrogens with one attached hydrogen (secondary N) is 1. The van der Waals surface area contributed by atoms with Gasteiger partial charge in [0.15, 0.2) is 10.7 Å². The number of carbonyl (C=O) groups is 1. The molecule has 0 amide bonds. The zero-order chi connectivity index (χ0) is 22.9. The molecule has 0 aliphatic heterocycles. The van der Waals surface area contributed by atoms with E-state index in [0.29, 0.717) is 17.2 Å². The van der Waals surface area contributed by atoms with Gasteiger partial charge < -0.3 is 9.40 Å². The highest BCUT2D eigenvalue weighted by Gasteiger charge is 2.16. The fraction of sp³-hybridized carbons (Fsp3) is 0.107. The van der Waals surface area contributed by atoms with Gasteiger partial charge in [0.25, 0.3) is 5.22 Å². The summed E-state index contributed by atoms with van der Waals surface area (Å²) in [7, 11) is 0. The average molecular weight is 464 g/mol. The molecule has 0 aliphatic rings. The summed E-state index contributed by atoms with van der Waals surface area (Å²) in [6.07, 6.45) is 1.94. The van der Waals surface area contributed by atoms with Gasteiger partial charge in [-0.3, -0.25) is 4.79 Å². The van der Waals surface area contributed by atoms with Gasteiger partial charge in [0.05, 0.1) is 16.9 Å². The first-order valence-electron chi connectivity index (χ1n) is 11.3. The fourth-order valence-electron chi connectivity index (χ4n) is 4.34. The minimum Gasteiger partial charge on any atom is -0.431 e. The Bertz CT molecular complexity index is 1620. The van der Waals surface area contributed by atoms with Crippen LogP contribution in [0.25, 0.3) is 44.3 Å². The van der Waals surface area contributed by atoms with Gasteiger partial charge in [-0.15, -0.1) is 0 Å². The van der Waals surface area contributed by atoms with Gasteiger partial charge in [0, 0.05) is 34.5 Å². The summed E-state index contributed by atoms with van der Waals surface area (Å²) in [5.41, 5.74) is 6.64. The molecule has 3 heterocycles. The van der Waals surface area contributed by atoms with Crippen LogP contribution in [0.4, 0.5) is 0 Å². The molecular weight excluding hydrogens is 442 g/mol. The minimum atomic E-state index is 0.0526. The van der Waals surface area contributed by atoms with E-state index in [9.17, 15) is 4.79 Å². The van der Waals surface area contributed by atoms with E-state index in [4.69, 9.17) is 9.40 Å². The molecule has 166 valence electrons. The standard InChI is InChI=1S/C28H21N3O2S/c32-26(34-28-31-23-13-5-6-14-25(23)33-28)15-7-10-20-19-9-2-4-12-22(19)30-27(20)24-17-16-18-8-1-3-11-21(18)29-24/h1-6,8-9,11-14,16-17,30H,7,10,15H2. The molecule has 3 aromatic carbocycles. The molecule has 1 N–H and O–H groups in total. The Morgan fingerprint density at radius 1 is 0.853 bits per heavy atom. The van der Waals surface area contributed by atoms with Gasteiger partial charge in [0.2, 0.25) is 0 Å². The van der Waals surface area contributed by atoms with Crippen LogP contribution in [0, 0.1) is 0 Å². The van der Waals surface area contributed by atoms with Crippen LogP contribution in [-0.4, -0.2) is 20.1 Å². The van der Waals surface area contributed by atoms with Crippen LogP contribution in [0.1, 0.15) is 18.4 Å². The lowest BCUT2D eigenvalue weighted by atomic mass is 10.0. The maximum Gasteiger partial charge on any atom is 0.264 e. The maximum atomic E-state index is 12.6. The van der Waals surface area contributed by atoms with Crippen molar-refractivity contribution in [2.45, 2.75) is 24.5 Å². The zero-order valence-electron chi connectivity index (χ0n) is 18.3. The second kappa shape index (κ2) is 8.80. The molecule has 0 unspecified atom stereocenters. The number of pyridine rings is 1. The van der Waals surface area contributed by atoms with Gasteiger partial charge in [-0.2, -0.15) is 0 Å². The van der Waals surface area contributed by atoms with E-state index < -0.39 is 0 Å². The van der Waals surface area contributed by atoms with Crippen molar-refractivity contribution in [3.63, 3.8) is 0 Å². The van der Waals surface area contributed by atoms with E-state index in [1.807, 2.05) is 54.6 Å². The number of aromatic nitrogens is 3. The molecule has 0 aliphatic carbocycles. The van der Waals surface area contributed by atoms with Crippen molar-refractivity contribution in [1.29, 1.82) is 0 Å². The number of nitrogens with zero attached hydrogens (tertiary/aromatic N) is 2. The molecule has 6 aromatic rings. The first-order valence-corrected chi connectivity index (χ1v) is 12.1. The lowest BCUT2D eigenvalue weighted by molar-refractivity contribution is -0.111. The van der Waals surface area contributed by atoms with Crippen molar-refractivity contribution < 1.29 is 9.21 Å². The third-order valence-electron chi connectivity index (χ3n) is 5.95. The summed E-state index contributed by atoms with van der Waals surface area (Å²) >= 11 is 1.08. The molecule has 0 bridgehead atoms. The third-order valence-corrected chi connectivity index (χ3v) is 6.73. The predicted octanol–water partition coefficient (Wildman–Crippen LogP) is 7.17. The van der Waals surface area contributed by atoms with Crippen molar-refractivity contribution in [2.75, 3.05) is 0 Å². The van der Waals surface area contributed by atoms with Crippen LogP contribution in [0.3, 0.4) is 0 Å². The fourth-order valence-corrected chi connectivity index (χ4v) is 5.05. The van der Waals surface area contributed by atoms with Crippen molar-refractivity contribution in [3.05, 3.63) is 90.5 Å². The van der Waals surface area contributed by atoms with Crippen LogP contribution in [-0.2, 0) is 11.2 Å². The Labute approximate surface area is 200 Å². The Balaban J connectivity index is 1.23. The number of carbonyl (C=O) groups excluding carboxylic acids is 1. The first-order chi connectivity index (χ1) is 16.7. The molecule has 0 atom stereocenters. The molecule has 34 heavy (non-hydrogen) atoms. The number of thioether (sulfide) groups is 1. The highest BCUT2D eigenvalue weighted by Crippen LogP contribution is 2.32. The van der Waals surface area contributed by atoms with Crippen LogP contribution in [0.5, 0.6) is 0 Å². The second-order valence-corrected chi connectivity index (χ2v) is 9.20. The van der Waals surface area contributed by atoms with Crippen molar-refractivity contribution >= 4 is 49.8 Å². The molecule has 0 saturated carbocycles. The lowest BCUT2D eigenvalue weighted by Crippen LogP contribution is -1.96. The maximum absolute atomic E-state index is 12.6. The van der Waals surface area contributed by atoms with Crippen LogP contribution >= 0.6 is 11.8 Å². The summed E-state index contributed by atoms with van der Waals surface area (Å²) in [6.45, 7) is 0. The number of H-pyrrole nitrogens is 1. The molecule has 6 heteroatoms. The number of aromatic amines is 1. The van der Waals surface area contributed by atoms with Gasteiger partial charge in [-0.25, -0.2) is 9.97 Å². The van der Waals surface area contributed by atoms with E-state index in [1.165, 1.54) is 10.9 Å². The van der Waals surface area contributed by atoms with Gasteiger partial charge in [-0.05, 0) is 48.7 Å². The molecule has 6 rings (SSSR count). The minimum absolute atomic E-state index is 0.0526.